The molecule has 1 aliphatic heterocycles. The van der Waals surface area contributed by atoms with Crippen LogP contribution in [-0.4, -0.2) is 38.3 Å². The Morgan fingerprint density at radius 3 is 2.81 bits per heavy atom. The van der Waals surface area contributed by atoms with E-state index < -0.39 is 0 Å². The molecule has 1 aliphatic rings. The standard InChI is InChI=1S/C12H19N3O/c1-13-10-5-8-15(9-6-10)12-11(16-2)4-3-7-14-12/h3-4,7,10,13H,5-6,8-9H2,1-2H3. The average Bonchev–Trinajstić information content (AvgIpc) is 2.39. The number of hydrogen-bond donors (Lipinski definition) is 1. The highest BCUT2D eigenvalue weighted by Gasteiger charge is 2.20. The fraction of sp³-hybridized carbons (Fsp3) is 0.583. The third-order valence-electron chi connectivity index (χ3n) is 3.17. The van der Waals surface area contributed by atoms with Gasteiger partial charge in [0.2, 0.25) is 0 Å². The second-order valence-corrected chi connectivity index (χ2v) is 4.08. The Morgan fingerprint density at radius 1 is 1.44 bits per heavy atom. The zero-order chi connectivity index (χ0) is 11.4. The van der Waals surface area contributed by atoms with Crippen LogP contribution in [0.4, 0.5) is 5.82 Å². The van der Waals surface area contributed by atoms with Crippen molar-refractivity contribution in [2.45, 2.75) is 18.9 Å². The fourth-order valence-electron chi connectivity index (χ4n) is 2.16. The molecule has 2 heterocycles. The van der Waals surface area contributed by atoms with Crippen LogP contribution in [0, 0.1) is 0 Å². The summed E-state index contributed by atoms with van der Waals surface area (Å²) in [7, 11) is 3.72. The smallest absolute Gasteiger partial charge is 0.171 e. The number of rotatable bonds is 3. The van der Waals surface area contributed by atoms with Gasteiger partial charge in [-0.05, 0) is 32.0 Å². The van der Waals surface area contributed by atoms with Gasteiger partial charge >= 0.3 is 0 Å². The summed E-state index contributed by atoms with van der Waals surface area (Å²) in [6.07, 6.45) is 4.15. The highest BCUT2D eigenvalue weighted by Crippen LogP contribution is 2.27. The first-order chi connectivity index (χ1) is 7.85. The predicted molar refractivity (Wildman–Crippen MR) is 65.1 cm³/mol. The van der Waals surface area contributed by atoms with Crippen LogP contribution in [0.25, 0.3) is 0 Å². The molecular weight excluding hydrogens is 202 g/mol. The first kappa shape index (κ1) is 11.2. The van der Waals surface area contributed by atoms with Crippen LogP contribution in [0.15, 0.2) is 18.3 Å². The van der Waals surface area contributed by atoms with Crippen LogP contribution in [0.3, 0.4) is 0 Å². The second-order valence-electron chi connectivity index (χ2n) is 4.08. The van der Waals surface area contributed by atoms with Crippen LogP contribution in [0.1, 0.15) is 12.8 Å². The number of anilines is 1. The third kappa shape index (κ3) is 2.27. The van der Waals surface area contributed by atoms with E-state index in [2.05, 4.69) is 15.2 Å². The minimum Gasteiger partial charge on any atom is -0.493 e. The quantitative estimate of drug-likeness (QED) is 0.834. The van der Waals surface area contributed by atoms with Crippen molar-refractivity contribution in [2.24, 2.45) is 0 Å². The van der Waals surface area contributed by atoms with E-state index in [4.69, 9.17) is 4.74 Å². The van der Waals surface area contributed by atoms with Gasteiger partial charge in [-0.3, -0.25) is 0 Å². The first-order valence-corrected chi connectivity index (χ1v) is 5.76. The van der Waals surface area contributed by atoms with Crippen molar-refractivity contribution >= 4 is 5.82 Å². The maximum Gasteiger partial charge on any atom is 0.171 e. The van der Waals surface area contributed by atoms with Crippen LogP contribution < -0.4 is 15.0 Å². The normalized spacial score (nSPS) is 17.5. The molecule has 1 fully saturated rings. The largest absolute Gasteiger partial charge is 0.493 e. The Morgan fingerprint density at radius 2 is 2.19 bits per heavy atom. The zero-order valence-corrected chi connectivity index (χ0v) is 9.94. The molecule has 0 aromatic carbocycles. The molecular formula is C12H19N3O. The third-order valence-corrected chi connectivity index (χ3v) is 3.17. The lowest BCUT2D eigenvalue weighted by atomic mass is 10.1. The molecule has 16 heavy (non-hydrogen) atoms. The summed E-state index contributed by atoms with van der Waals surface area (Å²) in [4.78, 5) is 6.70. The van der Waals surface area contributed by atoms with Gasteiger partial charge in [0.1, 0.15) is 0 Å². The first-order valence-electron chi connectivity index (χ1n) is 5.76. The number of ether oxygens (including phenoxy) is 1. The molecule has 0 radical (unpaired) electrons. The lowest BCUT2D eigenvalue weighted by molar-refractivity contribution is 0.403. The summed E-state index contributed by atoms with van der Waals surface area (Å²) in [5, 5.41) is 3.33. The van der Waals surface area contributed by atoms with Crippen molar-refractivity contribution in [1.82, 2.24) is 10.3 Å². The molecule has 88 valence electrons. The maximum atomic E-state index is 5.33. The highest BCUT2D eigenvalue weighted by molar-refractivity contribution is 5.52. The Balaban J connectivity index is 2.07. The Bertz CT molecular complexity index is 335. The Hall–Kier alpha value is -1.29. The SMILES string of the molecule is CNC1CCN(c2ncccc2OC)CC1. The number of aromatic nitrogens is 1. The lowest BCUT2D eigenvalue weighted by Crippen LogP contribution is -2.41. The summed E-state index contributed by atoms with van der Waals surface area (Å²) in [6, 6.07) is 4.51. The summed E-state index contributed by atoms with van der Waals surface area (Å²) in [6.45, 7) is 2.08. The van der Waals surface area contributed by atoms with Crippen LogP contribution in [0.5, 0.6) is 5.75 Å². The highest BCUT2D eigenvalue weighted by atomic mass is 16.5. The molecule has 1 aromatic heterocycles. The number of hydrogen-bond acceptors (Lipinski definition) is 4. The van der Waals surface area contributed by atoms with Gasteiger partial charge in [0.25, 0.3) is 0 Å². The Labute approximate surface area is 96.6 Å². The van der Waals surface area contributed by atoms with E-state index in [1.165, 1.54) is 0 Å². The van der Waals surface area contributed by atoms with E-state index in [1.54, 1.807) is 7.11 Å². The van der Waals surface area contributed by atoms with Crippen LogP contribution >= 0.6 is 0 Å². The molecule has 0 atom stereocenters. The van der Waals surface area contributed by atoms with Crippen LogP contribution in [-0.2, 0) is 0 Å². The van der Waals surface area contributed by atoms with Gasteiger partial charge in [-0.25, -0.2) is 4.98 Å². The van der Waals surface area contributed by atoms with Crippen LogP contribution in [0.2, 0.25) is 0 Å². The molecule has 4 nitrogen and oxygen atoms in total. The molecule has 2 rings (SSSR count). The van der Waals surface area contributed by atoms with Crippen molar-refractivity contribution in [2.75, 3.05) is 32.1 Å². The molecule has 0 amide bonds. The van der Waals surface area contributed by atoms with E-state index >= 15 is 0 Å². The molecule has 0 aliphatic carbocycles. The molecule has 0 unspecified atom stereocenters. The van der Waals surface area contributed by atoms with Gasteiger partial charge in [-0.2, -0.15) is 0 Å². The maximum absolute atomic E-state index is 5.33. The zero-order valence-electron chi connectivity index (χ0n) is 9.94. The average molecular weight is 221 g/mol. The number of piperidine rings is 1. The summed E-state index contributed by atoms with van der Waals surface area (Å²) in [5.74, 6) is 1.84. The number of nitrogens with one attached hydrogen (secondary N) is 1. The monoisotopic (exact) mass is 221 g/mol. The topological polar surface area (TPSA) is 37.4 Å². The second kappa shape index (κ2) is 5.16. The van der Waals surface area contributed by atoms with Gasteiger partial charge in [-0.1, -0.05) is 0 Å². The van der Waals surface area contributed by atoms with Crippen molar-refractivity contribution in [3.8, 4) is 5.75 Å². The molecule has 4 heteroatoms. The Kier molecular flexibility index (Phi) is 3.62. The van der Waals surface area contributed by atoms with E-state index in [-0.39, 0.29) is 0 Å². The van der Waals surface area contributed by atoms with Gasteiger partial charge in [0.05, 0.1) is 7.11 Å². The van der Waals surface area contributed by atoms with Gasteiger partial charge < -0.3 is 15.0 Å². The van der Waals surface area contributed by atoms with Crippen molar-refractivity contribution in [3.63, 3.8) is 0 Å². The molecule has 1 saturated heterocycles. The minimum absolute atomic E-state index is 0.644. The van der Waals surface area contributed by atoms with Gasteiger partial charge in [0.15, 0.2) is 11.6 Å². The molecule has 0 spiro atoms. The molecule has 0 bridgehead atoms. The van der Waals surface area contributed by atoms with E-state index in [0.717, 1.165) is 37.5 Å². The number of methoxy groups -OCH3 is 1. The number of nitrogens with zero attached hydrogens (tertiary/aromatic N) is 2. The van der Waals surface area contributed by atoms with E-state index in [0.29, 0.717) is 6.04 Å². The molecule has 0 saturated carbocycles. The van der Waals surface area contributed by atoms with Crippen molar-refractivity contribution < 1.29 is 4.74 Å². The summed E-state index contributed by atoms with van der Waals surface area (Å²) in [5.41, 5.74) is 0. The van der Waals surface area contributed by atoms with Gasteiger partial charge in [-0.15, -0.1) is 0 Å². The summed E-state index contributed by atoms with van der Waals surface area (Å²) < 4.78 is 5.33. The molecule has 1 N–H and O–H groups in total. The summed E-state index contributed by atoms with van der Waals surface area (Å²) >= 11 is 0. The van der Waals surface area contributed by atoms with Crippen molar-refractivity contribution in [1.29, 1.82) is 0 Å². The predicted octanol–water partition coefficient (Wildman–Crippen LogP) is 1.28. The van der Waals surface area contributed by atoms with E-state index in [9.17, 15) is 0 Å². The fourth-order valence-corrected chi connectivity index (χ4v) is 2.16. The van der Waals surface area contributed by atoms with Gasteiger partial charge in [0, 0.05) is 25.3 Å². The lowest BCUT2D eigenvalue weighted by Gasteiger charge is -2.33. The molecule has 1 aromatic rings. The number of pyridine rings is 1. The minimum atomic E-state index is 0.644. The van der Waals surface area contributed by atoms with E-state index in [1.807, 2.05) is 25.4 Å². The van der Waals surface area contributed by atoms with Crippen molar-refractivity contribution in [3.05, 3.63) is 18.3 Å².